The largest absolute Gasteiger partial charge is 2.00 e. The Morgan fingerprint density at radius 1 is 0.667 bits per heavy atom. The van der Waals surface area contributed by atoms with Gasteiger partial charge in [-0.1, -0.05) is 0 Å². The quantitative estimate of drug-likeness (QED) is 0.242. The Labute approximate surface area is 172 Å². The fourth-order valence-corrected chi connectivity index (χ4v) is 0. The first kappa shape index (κ1) is 42.8. The molecule has 0 saturated carbocycles. The van der Waals surface area contributed by atoms with Crippen LogP contribution in [0.2, 0.25) is 0 Å². The second-order valence-electron chi connectivity index (χ2n) is 0.861. The van der Waals surface area contributed by atoms with E-state index >= 15 is 0 Å². The van der Waals surface area contributed by atoms with Crippen LogP contribution in [0.4, 0.5) is 8.39 Å². The van der Waals surface area contributed by atoms with Crippen molar-refractivity contribution in [2.24, 2.45) is 0 Å². The molecule has 0 spiro atoms. The van der Waals surface area contributed by atoms with E-state index in [1.165, 1.54) is 0 Å². The normalized spacial score (nSPS) is 7.87. The molecule has 80 valence electrons. The van der Waals surface area contributed by atoms with Gasteiger partial charge in [0.05, 0.1) is 0 Å². The fraction of sp³-hybridized carbons (Fsp3) is 0. The van der Waals surface area contributed by atoms with Gasteiger partial charge in [0.1, 0.15) is 15.8 Å². The van der Waals surface area contributed by atoms with Crippen molar-refractivity contribution in [3.05, 3.63) is 0 Å². The van der Waals surface area contributed by atoms with Crippen LogP contribution in [-0.4, -0.2) is 113 Å². The van der Waals surface area contributed by atoms with Gasteiger partial charge in [0.15, 0.2) is 0 Å². The first-order valence-corrected chi connectivity index (χ1v) is 4.30. The molecule has 0 aromatic rings. The maximum absolute atomic E-state index is 10.1. The standard InChI is InChI=1S/3Ca.2FH2O3P.2FH/c;;;2*1-5(2,3)4;;/h;;;2*(H2,2,3,4);2*1H/q3*+2;;;;/p-6. The van der Waals surface area contributed by atoms with E-state index in [2.05, 4.69) is 0 Å². The Morgan fingerprint density at radius 2 is 0.667 bits per heavy atom. The van der Waals surface area contributed by atoms with Crippen molar-refractivity contribution >= 4 is 129 Å². The smallest absolute Gasteiger partial charge is 1.00 e. The SMILES string of the molecule is O=P([O-])([O-])F.O=P([O-])([O-])F.[Ca+2].[Ca+2].[Ca+2].[F-].[F-]. The third-order valence-corrected chi connectivity index (χ3v) is 0. The van der Waals surface area contributed by atoms with Gasteiger partial charge in [-0.15, -0.1) is 0 Å². The molecule has 0 aromatic carbocycles. The molecule has 0 N–H and O–H groups in total. The number of hydrogen-bond acceptors (Lipinski definition) is 6. The number of hydrogen-bond donors (Lipinski definition) is 0. The molecule has 15 heavy (non-hydrogen) atoms. The van der Waals surface area contributed by atoms with Gasteiger partial charge in [0.2, 0.25) is 0 Å². The molecule has 0 aliphatic heterocycles. The van der Waals surface area contributed by atoms with Crippen LogP contribution in [0.3, 0.4) is 0 Å². The summed E-state index contributed by atoms with van der Waals surface area (Å²) in [5.41, 5.74) is 0. The maximum atomic E-state index is 10.1. The molecule has 0 aliphatic rings. The summed E-state index contributed by atoms with van der Waals surface area (Å²) in [6.07, 6.45) is 0. The van der Waals surface area contributed by atoms with E-state index in [1.807, 2.05) is 0 Å². The zero-order valence-corrected chi connectivity index (χ0v) is 15.4. The van der Waals surface area contributed by atoms with Crippen LogP contribution >= 0.6 is 15.8 Å². The van der Waals surface area contributed by atoms with Crippen molar-refractivity contribution in [1.82, 2.24) is 0 Å². The van der Waals surface area contributed by atoms with Crippen LogP contribution in [0.5, 0.6) is 0 Å². The predicted molar refractivity (Wildman–Crippen MR) is 34.7 cm³/mol. The van der Waals surface area contributed by atoms with Gasteiger partial charge >= 0.3 is 113 Å². The topological polar surface area (TPSA) is 126 Å². The van der Waals surface area contributed by atoms with Crippen LogP contribution in [-0.2, 0) is 9.13 Å². The average molecular weight is 354 g/mol. The summed E-state index contributed by atoms with van der Waals surface area (Å²) < 4.78 is 37.1. The number of halogens is 4. The zero-order chi connectivity index (χ0) is 9.00. The molecule has 6 nitrogen and oxygen atoms in total. The summed E-state index contributed by atoms with van der Waals surface area (Å²) in [7, 11) is -11.3. The summed E-state index contributed by atoms with van der Waals surface area (Å²) in [5, 5.41) is 0. The molecule has 0 heterocycles. The molecular weight excluding hydrogens is 354 g/mol. The Hall–Kier alpha value is 3.80. The van der Waals surface area contributed by atoms with Crippen molar-refractivity contribution in [2.45, 2.75) is 0 Å². The number of rotatable bonds is 0. The van der Waals surface area contributed by atoms with E-state index < -0.39 is 15.8 Å². The summed E-state index contributed by atoms with van der Waals surface area (Å²) in [6.45, 7) is 0. The summed E-state index contributed by atoms with van der Waals surface area (Å²) in [6, 6.07) is 0. The summed E-state index contributed by atoms with van der Waals surface area (Å²) in [4.78, 5) is 33.8. The fourth-order valence-electron chi connectivity index (χ4n) is 0. The van der Waals surface area contributed by atoms with E-state index in [4.69, 9.17) is 28.7 Å². The van der Waals surface area contributed by atoms with Gasteiger partial charge in [-0.2, -0.15) is 0 Å². The van der Waals surface area contributed by atoms with E-state index in [1.54, 1.807) is 0 Å². The molecule has 0 radical (unpaired) electrons. The second kappa shape index (κ2) is 20.1. The van der Waals surface area contributed by atoms with Crippen molar-refractivity contribution in [2.75, 3.05) is 0 Å². The molecule has 0 saturated heterocycles. The first-order valence-electron chi connectivity index (χ1n) is 1.43. The molecule has 0 unspecified atom stereocenters. The average Bonchev–Trinajstić information content (AvgIpc) is 1.12. The molecule has 0 atom stereocenters. The molecule has 0 rings (SSSR count). The predicted octanol–water partition coefficient (Wildman–Crippen LogP) is -9.57. The van der Waals surface area contributed by atoms with Gasteiger partial charge in [0.25, 0.3) is 0 Å². The van der Waals surface area contributed by atoms with Gasteiger partial charge in [-0.25, -0.2) is 8.39 Å². The maximum Gasteiger partial charge on any atom is 2.00 e. The third kappa shape index (κ3) is 308. The minimum atomic E-state index is -5.64. The molecule has 15 heteroatoms. The Morgan fingerprint density at radius 3 is 0.667 bits per heavy atom. The van der Waals surface area contributed by atoms with Gasteiger partial charge in [-0.05, 0) is 0 Å². The van der Waals surface area contributed by atoms with Crippen LogP contribution < -0.4 is 29.0 Å². The Kier molecular flexibility index (Phi) is 57.4. The van der Waals surface area contributed by atoms with Crippen molar-refractivity contribution in [1.29, 1.82) is 0 Å². The molecular formula is Ca3F4O6P2. The van der Waals surface area contributed by atoms with E-state index in [0.29, 0.717) is 0 Å². The van der Waals surface area contributed by atoms with Gasteiger partial charge < -0.3 is 38.1 Å². The minimum absolute atomic E-state index is 0. The van der Waals surface area contributed by atoms with Crippen LogP contribution in [0.1, 0.15) is 0 Å². The monoisotopic (exact) mass is 354 g/mol. The first-order chi connectivity index (χ1) is 4.00. The summed E-state index contributed by atoms with van der Waals surface area (Å²) >= 11 is 0. The van der Waals surface area contributed by atoms with Crippen LogP contribution in [0.25, 0.3) is 0 Å². The van der Waals surface area contributed by atoms with Gasteiger partial charge in [0, 0.05) is 0 Å². The van der Waals surface area contributed by atoms with Crippen molar-refractivity contribution < 1.29 is 46.5 Å². The minimum Gasteiger partial charge on any atom is -1.00 e. The van der Waals surface area contributed by atoms with Crippen LogP contribution in [0, 0.1) is 0 Å². The summed E-state index contributed by atoms with van der Waals surface area (Å²) in [5.74, 6) is 0. The molecule has 0 aliphatic carbocycles. The van der Waals surface area contributed by atoms with E-state index in [-0.39, 0.29) is 123 Å². The van der Waals surface area contributed by atoms with Crippen molar-refractivity contribution in [3.8, 4) is 0 Å². The molecule has 0 bridgehead atoms. The molecule has 0 fully saturated rings. The zero-order valence-electron chi connectivity index (χ0n) is 6.98. The van der Waals surface area contributed by atoms with E-state index in [9.17, 15) is 8.39 Å². The van der Waals surface area contributed by atoms with Crippen molar-refractivity contribution in [3.63, 3.8) is 0 Å². The van der Waals surface area contributed by atoms with Crippen LogP contribution in [0.15, 0.2) is 0 Å². The third-order valence-electron chi connectivity index (χ3n) is 0. The second-order valence-corrected chi connectivity index (χ2v) is 2.58. The van der Waals surface area contributed by atoms with Gasteiger partial charge in [-0.3, -0.25) is 0 Å². The van der Waals surface area contributed by atoms with E-state index in [0.717, 1.165) is 0 Å². The molecule has 0 aromatic heterocycles. The Bertz CT molecular complexity index is 141. The Balaban J connectivity index is -0.0000000128. The molecule has 0 amide bonds.